The second-order valence-electron chi connectivity index (χ2n) is 3.32. The van der Waals surface area contributed by atoms with Gasteiger partial charge in [-0.2, -0.15) is 10.1 Å². The lowest BCUT2D eigenvalue weighted by atomic mass is 10.4. The van der Waals surface area contributed by atoms with Crippen LogP contribution >= 0.6 is 35.0 Å². The molecule has 0 spiro atoms. The molecule has 8 heteroatoms. The summed E-state index contributed by atoms with van der Waals surface area (Å²) in [5, 5.41) is 9.49. The molecule has 90 valence electrons. The predicted molar refractivity (Wildman–Crippen MR) is 70.1 cm³/mol. The van der Waals surface area contributed by atoms with Crippen molar-refractivity contribution >= 4 is 46.0 Å². The van der Waals surface area contributed by atoms with Crippen molar-refractivity contribution in [3.63, 3.8) is 0 Å². The normalized spacial score (nSPS) is 11.0. The van der Waals surface area contributed by atoms with Gasteiger partial charge in [0, 0.05) is 6.20 Å². The Morgan fingerprint density at radius 3 is 2.89 bits per heavy atom. The number of nitrogens with one attached hydrogen (secondary N) is 1. The van der Waals surface area contributed by atoms with Gasteiger partial charge in [0.15, 0.2) is 5.65 Å². The Kier molecular flexibility index (Phi) is 3.07. The molecule has 0 aromatic carbocycles. The molecule has 3 heterocycles. The summed E-state index contributed by atoms with van der Waals surface area (Å²) in [6.45, 7) is 0. The van der Waals surface area contributed by atoms with E-state index in [-0.39, 0.29) is 5.28 Å². The number of fused-ring (bicyclic) bond motifs is 1. The van der Waals surface area contributed by atoms with Crippen LogP contribution in [0.15, 0.2) is 34.6 Å². The molecular weight excluding hydrogens is 293 g/mol. The average Bonchev–Trinajstić information content (AvgIpc) is 2.80. The van der Waals surface area contributed by atoms with Crippen molar-refractivity contribution in [2.45, 2.75) is 10.1 Å². The number of nitrogens with zero attached hydrogens (tertiary/aromatic N) is 4. The van der Waals surface area contributed by atoms with Gasteiger partial charge in [0.05, 0.1) is 16.6 Å². The standard InChI is InChI=1S/C10H5Cl2N5S/c11-6-2-1-3-13-9(6)18-8-5-4-14-17-7(5)15-10(12)16-8/h1-4H,(H,14,15,16,17). The SMILES string of the molecule is Clc1nc(Sc2ncccc2Cl)c2cn[nH]c2n1. The molecule has 0 saturated heterocycles. The predicted octanol–water partition coefficient (Wildman–Crippen LogP) is 3.21. The maximum atomic E-state index is 6.06. The molecule has 0 aliphatic carbocycles. The smallest absolute Gasteiger partial charge is 0.225 e. The van der Waals surface area contributed by atoms with Crippen molar-refractivity contribution in [3.8, 4) is 0 Å². The summed E-state index contributed by atoms with van der Waals surface area (Å²) < 4.78 is 0. The Balaban J connectivity index is 2.10. The Labute approximate surface area is 116 Å². The van der Waals surface area contributed by atoms with Gasteiger partial charge in [-0.05, 0) is 35.5 Å². The third kappa shape index (κ3) is 2.14. The van der Waals surface area contributed by atoms with Gasteiger partial charge >= 0.3 is 0 Å². The van der Waals surface area contributed by atoms with Gasteiger partial charge in [0.1, 0.15) is 10.1 Å². The Bertz CT molecular complexity index is 714. The number of H-pyrrole nitrogens is 1. The molecule has 3 rings (SSSR count). The molecule has 3 aromatic rings. The van der Waals surface area contributed by atoms with Crippen LogP contribution in [0.1, 0.15) is 0 Å². The Morgan fingerprint density at radius 2 is 2.06 bits per heavy atom. The first-order chi connectivity index (χ1) is 8.74. The van der Waals surface area contributed by atoms with Crippen LogP contribution in [0.2, 0.25) is 10.3 Å². The van der Waals surface area contributed by atoms with E-state index in [1.165, 1.54) is 11.8 Å². The van der Waals surface area contributed by atoms with Crippen molar-refractivity contribution in [2.24, 2.45) is 0 Å². The molecule has 0 unspecified atom stereocenters. The van der Waals surface area contributed by atoms with Gasteiger partial charge in [0.2, 0.25) is 5.28 Å². The van der Waals surface area contributed by atoms with E-state index in [4.69, 9.17) is 23.2 Å². The van der Waals surface area contributed by atoms with Gasteiger partial charge in [-0.3, -0.25) is 5.10 Å². The van der Waals surface area contributed by atoms with Crippen molar-refractivity contribution in [3.05, 3.63) is 34.8 Å². The topological polar surface area (TPSA) is 67.3 Å². The minimum Gasteiger partial charge on any atom is -0.261 e. The molecule has 0 fully saturated rings. The van der Waals surface area contributed by atoms with E-state index in [1.807, 2.05) is 0 Å². The van der Waals surface area contributed by atoms with Crippen molar-refractivity contribution in [1.82, 2.24) is 25.1 Å². The number of hydrogen-bond acceptors (Lipinski definition) is 5. The molecule has 5 nitrogen and oxygen atoms in total. The van der Waals surface area contributed by atoms with Gasteiger partial charge in [-0.1, -0.05) is 11.6 Å². The fourth-order valence-corrected chi connectivity index (χ4v) is 2.71. The largest absolute Gasteiger partial charge is 0.261 e. The van der Waals surface area contributed by atoms with Gasteiger partial charge < -0.3 is 0 Å². The lowest BCUT2D eigenvalue weighted by molar-refractivity contribution is 1.06. The van der Waals surface area contributed by atoms with Crippen molar-refractivity contribution in [1.29, 1.82) is 0 Å². The summed E-state index contributed by atoms with van der Waals surface area (Å²) in [5.41, 5.74) is 0.588. The van der Waals surface area contributed by atoms with E-state index in [2.05, 4.69) is 25.1 Å². The number of aromatic amines is 1. The van der Waals surface area contributed by atoms with Crippen molar-refractivity contribution in [2.75, 3.05) is 0 Å². The van der Waals surface area contributed by atoms with Crippen LogP contribution in [0.4, 0.5) is 0 Å². The van der Waals surface area contributed by atoms with Crippen LogP contribution in [-0.2, 0) is 0 Å². The van der Waals surface area contributed by atoms with Crippen molar-refractivity contribution < 1.29 is 0 Å². The number of hydrogen-bond donors (Lipinski definition) is 1. The van der Waals surface area contributed by atoms with Gasteiger partial charge in [-0.25, -0.2) is 9.97 Å². The molecule has 0 aliphatic rings. The summed E-state index contributed by atoms with van der Waals surface area (Å²) >= 11 is 13.2. The van der Waals surface area contributed by atoms with E-state index in [1.54, 1.807) is 24.5 Å². The fourth-order valence-electron chi connectivity index (χ4n) is 1.40. The van der Waals surface area contributed by atoms with Crippen LogP contribution in [0.5, 0.6) is 0 Å². The van der Waals surface area contributed by atoms with Crippen LogP contribution < -0.4 is 0 Å². The lowest BCUT2D eigenvalue weighted by Crippen LogP contribution is -1.89. The quantitative estimate of drug-likeness (QED) is 0.581. The minimum absolute atomic E-state index is 0.154. The third-order valence-corrected chi connectivity index (χ3v) is 3.77. The Morgan fingerprint density at radius 1 is 1.17 bits per heavy atom. The molecule has 0 atom stereocenters. The van der Waals surface area contributed by atoms with E-state index in [9.17, 15) is 0 Å². The third-order valence-electron chi connectivity index (χ3n) is 2.17. The summed E-state index contributed by atoms with van der Waals surface area (Å²) in [5.74, 6) is 0. The summed E-state index contributed by atoms with van der Waals surface area (Å²) in [4.78, 5) is 12.4. The first-order valence-electron chi connectivity index (χ1n) is 4.89. The van der Waals surface area contributed by atoms with E-state index >= 15 is 0 Å². The van der Waals surface area contributed by atoms with Crippen LogP contribution in [0.3, 0.4) is 0 Å². The number of aromatic nitrogens is 5. The average molecular weight is 298 g/mol. The van der Waals surface area contributed by atoms with Gasteiger partial charge in [-0.15, -0.1) is 0 Å². The number of rotatable bonds is 2. The zero-order valence-electron chi connectivity index (χ0n) is 8.76. The highest BCUT2D eigenvalue weighted by molar-refractivity contribution is 7.99. The number of halogens is 2. The summed E-state index contributed by atoms with van der Waals surface area (Å²) in [7, 11) is 0. The highest BCUT2D eigenvalue weighted by Crippen LogP contribution is 2.33. The van der Waals surface area contributed by atoms with Crippen LogP contribution in [-0.4, -0.2) is 25.1 Å². The maximum absolute atomic E-state index is 6.06. The highest BCUT2D eigenvalue weighted by Gasteiger charge is 2.12. The molecule has 0 saturated carbocycles. The van der Waals surface area contributed by atoms with E-state index < -0.39 is 0 Å². The molecule has 0 amide bonds. The minimum atomic E-state index is 0.154. The maximum Gasteiger partial charge on any atom is 0.225 e. The monoisotopic (exact) mass is 297 g/mol. The lowest BCUT2D eigenvalue weighted by Gasteiger charge is -2.03. The molecule has 1 N–H and O–H groups in total. The zero-order chi connectivity index (χ0) is 12.5. The van der Waals surface area contributed by atoms with E-state index in [0.717, 1.165) is 5.39 Å². The molecule has 0 aliphatic heterocycles. The first kappa shape index (κ1) is 11.7. The zero-order valence-corrected chi connectivity index (χ0v) is 11.1. The van der Waals surface area contributed by atoms with E-state index in [0.29, 0.717) is 20.7 Å². The van der Waals surface area contributed by atoms with Crippen LogP contribution in [0, 0.1) is 0 Å². The Hall–Kier alpha value is -1.37. The summed E-state index contributed by atoms with van der Waals surface area (Å²) in [6, 6.07) is 3.54. The first-order valence-corrected chi connectivity index (χ1v) is 6.46. The second kappa shape index (κ2) is 4.72. The second-order valence-corrected chi connectivity index (χ2v) is 5.05. The number of pyridine rings is 1. The summed E-state index contributed by atoms with van der Waals surface area (Å²) in [6.07, 6.45) is 3.31. The molecule has 0 bridgehead atoms. The molecule has 18 heavy (non-hydrogen) atoms. The molecule has 0 radical (unpaired) electrons. The fraction of sp³-hybridized carbons (Fsp3) is 0. The molecule has 3 aromatic heterocycles. The van der Waals surface area contributed by atoms with Gasteiger partial charge in [0.25, 0.3) is 0 Å². The molecular formula is C10H5Cl2N5S. The van der Waals surface area contributed by atoms with Crippen LogP contribution in [0.25, 0.3) is 11.0 Å². The highest BCUT2D eigenvalue weighted by atomic mass is 35.5.